The molecule has 1 fully saturated rings. The standard InChI is InChI=1S/C26H26F2N6O.C17H14ClF2N3/c1-16-25(17-4-5-23(30-13-17)33(2)3)32-22-11-18(27)10-21(28)24(22)26(16)31-19-12-20(15-29-14-19)34-6-8-35-9-7-34;1-9-16(18)15-12(20)6-11(19)7-13(15)22-17(9)10-4-5-14(21-8-10)23(2)3/h4-5,10-15H,6-9H2,1-3H3,(H,31,32);4-8H,1-3H3. The topological polar surface area (TPSA) is 95.4 Å². The maximum absolute atomic E-state index is 15.1. The van der Waals surface area contributed by atoms with Gasteiger partial charge in [-0.2, -0.15) is 0 Å². The van der Waals surface area contributed by atoms with Crippen molar-refractivity contribution in [2.45, 2.75) is 13.8 Å². The van der Waals surface area contributed by atoms with Crippen LogP contribution in [0.3, 0.4) is 0 Å². The van der Waals surface area contributed by atoms with Gasteiger partial charge in [-0.1, -0.05) is 11.6 Å². The average molecular weight is 810 g/mol. The monoisotopic (exact) mass is 809 g/mol. The predicted molar refractivity (Wildman–Crippen MR) is 223 cm³/mol. The van der Waals surface area contributed by atoms with Crippen LogP contribution in [0.5, 0.6) is 0 Å². The first-order valence-corrected chi connectivity index (χ1v) is 18.7. The molecule has 7 aromatic rings. The van der Waals surface area contributed by atoms with Crippen LogP contribution >= 0.6 is 11.6 Å². The fraction of sp³-hybridized carbons (Fsp3) is 0.233. The molecule has 0 saturated carbocycles. The van der Waals surface area contributed by atoms with Crippen LogP contribution in [0, 0.1) is 37.1 Å². The first-order chi connectivity index (χ1) is 27.8. The van der Waals surface area contributed by atoms with Gasteiger partial charge in [0.1, 0.15) is 34.9 Å². The molecule has 1 saturated heterocycles. The zero-order chi connectivity index (χ0) is 41.2. The zero-order valence-electron chi connectivity index (χ0n) is 32.7. The second-order valence-electron chi connectivity index (χ2n) is 14.2. The molecule has 1 aliphatic rings. The quantitative estimate of drug-likeness (QED) is 0.157. The molecule has 298 valence electrons. The van der Waals surface area contributed by atoms with Crippen molar-refractivity contribution in [3.8, 4) is 22.5 Å². The summed E-state index contributed by atoms with van der Waals surface area (Å²) in [4.78, 5) is 28.2. The molecular weight excluding hydrogens is 770 g/mol. The van der Waals surface area contributed by atoms with E-state index in [1.807, 2.05) is 75.2 Å². The summed E-state index contributed by atoms with van der Waals surface area (Å²) in [5.41, 5.74) is 6.56. The van der Waals surface area contributed by atoms with E-state index in [0.29, 0.717) is 41.5 Å². The molecule has 15 heteroatoms. The van der Waals surface area contributed by atoms with Gasteiger partial charge < -0.3 is 24.8 Å². The van der Waals surface area contributed by atoms with Gasteiger partial charge in [0, 0.05) is 89.1 Å². The molecule has 1 aliphatic heterocycles. The molecule has 10 nitrogen and oxygen atoms in total. The third-order valence-corrected chi connectivity index (χ3v) is 10.2. The number of hydrogen-bond acceptors (Lipinski definition) is 10. The lowest BCUT2D eigenvalue weighted by atomic mass is 10.0. The van der Waals surface area contributed by atoms with Crippen molar-refractivity contribution in [2.24, 2.45) is 0 Å². The number of nitrogens with one attached hydrogen (secondary N) is 1. The SMILES string of the molecule is Cc1c(-c2ccc(N(C)C)nc2)nc2cc(F)cc(F)c2c1Cl.Cc1c(-c2ccc(N(C)C)nc2)nc2cc(F)cc(F)c2c1Nc1cncc(N2CCOCC2)c1. The number of benzene rings is 2. The number of ether oxygens (including phenoxy) is 1. The number of nitrogens with zero attached hydrogens (tertiary/aromatic N) is 8. The first kappa shape index (κ1) is 40.1. The Bertz CT molecular complexity index is 2620. The maximum atomic E-state index is 15.1. The van der Waals surface area contributed by atoms with Crippen LogP contribution in [-0.4, -0.2) is 79.4 Å². The van der Waals surface area contributed by atoms with E-state index in [4.69, 9.17) is 16.3 Å². The number of pyridine rings is 5. The summed E-state index contributed by atoms with van der Waals surface area (Å²) in [6.07, 6.45) is 6.87. The minimum absolute atomic E-state index is 0.132. The summed E-state index contributed by atoms with van der Waals surface area (Å²) in [5, 5.41) is 3.93. The second-order valence-corrected chi connectivity index (χ2v) is 14.6. The van der Waals surface area contributed by atoms with Crippen molar-refractivity contribution >= 4 is 62.1 Å². The van der Waals surface area contributed by atoms with Crippen LogP contribution in [0.1, 0.15) is 11.1 Å². The lowest BCUT2D eigenvalue weighted by Crippen LogP contribution is -2.36. The largest absolute Gasteiger partial charge is 0.378 e. The number of aromatic nitrogens is 5. The predicted octanol–water partition coefficient (Wildman–Crippen LogP) is 9.53. The molecule has 5 aromatic heterocycles. The number of rotatable bonds is 7. The molecule has 6 heterocycles. The second kappa shape index (κ2) is 16.8. The molecule has 0 bridgehead atoms. The van der Waals surface area contributed by atoms with E-state index in [-0.39, 0.29) is 26.8 Å². The Hall–Kier alpha value is -6.12. The van der Waals surface area contributed by atoms with Gasteiger partial charge in [0.25, 0.3) is 0 Å². The molecule has 0 aliphatic carbocycles. The smallest absolute Gasteiger partial charge is 0.137 e. The van der Waals surface area contributed by atoms with E-state index < -0.39 is 23.3 Å². The van der Waals surface area contributed by atoms with E-state index in [2.05, 4.69) is 35.1 Å². The Morgan fingerprint density at radius 2 is 1.21 bits per heavy atom. The number of hydrogen-bond donors (Lipinski definition) is 1. The summed E-state index contributed by atoms with van der Waals surface area (Å²) in [7, 11) is 7.61. The minimum atomic E-state index is -0.715. The lowest BCUT2D eigenvalue weighted by Gasteiger charge is -2.28. The summed E-state index contributed by atoms with van der Waals surface area (Å²) >= 11 is 6.29. The van der Waals surface area contributed by atoms with Gasteiger partial charge in [-0.15, -0.1) is 0 Å². The van der Waals surface area contributed by atoms with Gasteiger partial charge in [-0.3, -0.25) is 4.98 Å². The molecule has 58 heavy (non-hydrogen) atoms. The van der Waals surface area contributed by atoms with Crippen molar-refractivity contribution < 1.29 is 22.3 Å². The van der Waals surface area contributed by atoms with Crippen LogP contribution in [0.25, 0.3) is 44.3 Å². The van der Waals surface area contributed by atoms with Gasteiger partial charge in [0.15, 0.2) is 0 Å². The third kappa shape index (κ3) is 8.29. The van der Waals surface area contributed by atoms with Crippen molar-refractivity contribution in [2.75, 3.05) is 74.5 Å². The van der Waals surface area contributed by atoms with E-state index >= 15 is 4.39 Å². The molecular formula is C43H40ClF4N9O. The Balaban J connectivity index is 0.000000193. The van der Waals surface area contributed by atoms with Crippen LogP contribution in [0.2, 0.25) is 5.02 Å². The lowest BCUT2D eigenvalue weighted by molar-refractivity contribution is 0.122. The zero-order valence-corrected chi connectivity index (χ0v) is 33.5. The summed E-state index contributed by atoms with van der Waals surface area (Å²) in [6.45, 7) is 6.49. The van der Waals surface area contributed by atoms with Crippen molar-refractivity contribution in [1.82, 2.24) is 24.9 Å². The van der Waals surface area contributed by atoms with E-state index in [1.165, 1.54) is 12.1 Å². The van der Waals surface area contributed by atoms with E-state index in [0.717, 1.165) is 59.2 Å². The summed E-state index contributed by atoms with van der Waals surface area (Å²) < 4.78 is 62.1. The van der Waals surface area contributed by atoms with E-state index in [1.54, 1.807) is 31.7 Å². The molecule has 0 unspecified atom stereocenters. The molecule has 0 atom stereocenters. The Labute approximate surface area is 338 Å². The van der Waals surface area contributed by atoms with Crippen LogP contribution < -0.4 is 20.0 Å². The average Bonchev–Trinajstić information content (AvgIpc) is 3.20. The van der Waals surface area contributed by atoms with Crippen LogP contribution in [0.4, 0.5) is 46.3 Å². The Morgan fingerprint density at radius 1 is 0.672 bits per heavy atom. The van der Waals surface area contributed by atoms with Crippen LogP contribution in [0.15, 0.2) is 79.4 Å². The highest BCUT2D eigenvalue weighted by atomic mass is 35.5. The maximum Gasteiger partial charge on any atom is 0.137 e. The van der Waals surface area contributed by atoms with Gasteiger partial charge in [0.05, 0.1) is 80.9 Å². The number of anilines is 5. The molecule has 0 radical (unpaired) electrons. The normalized spacial score (nSPS) is 12.7. The third-order valence-electron chi connectivity index (χ3n) is 9.75. The summed E-state index contributed by atoms with van der Waals surface area (Å²) in [6, 6.07) is 13.6. The number of halogens is 5. The molecule has 1 N–H and O–H groups in total. The minimum Gasteiger partial charge on any atom is -0.378 e. The number of fused-ring (bicyclic) bond motifs is 2. The molecule has 8 rings (SSSR count). The highest BCUT2D eigenvalue weighted by molar-refractivity contribution is 6.36. The van der Waals surface area contributed by atoms with Gasteiger partial charge >= 0.3 is 0 Å². The Morgan fingerprint density at radius 3 is 1.74 bits per heavy atom. The Kier molecular flexibility index (Phi) is 11.6. The number of morpholine rings is 1. The van der Waals surface area contributed by atoms with Gasteiger partial charge in [-0.05, 0) is 55.3 Å². The van der Waals surface area contributed by atoms with Crippen molar-refractivity contribution in [3.05, 3.63) is 119 Å². The molecule has 0 amide bonds. The van der Waals surface area contributed by atoms with Gasteiger partial charge in [0.2, 0.25) is 0 Å². The highest BCUT2D eigenvalue weighted by Gasteiger charge is 2.20. The first-order valence-electron chi connectivity index (χ1n) is 18.4. The highest BCUT2D eigenvalue weighted by Crippen LogP contribution is 2.38. The molecule has 0 spiro atoms. The van der Waals surface area contributed by atoms with Gasteiger partial charge in [-0.25, -0.2) is 37.5 Å². The fourth-order valence-corrected chi connectivity index (χ4v) is 6.98. The molecule has 2 aromatic carbocycles. The van der Waals surface area contributed by atoms with E-state index in [9.17, 15) is 13.2 Å². The van der Waals surface area contributed by atoms with Crippen molar-refractivity contribution in [3.63, 3.8) is 0 Å². The van der Waals surface area contributed by atoms with Crippen LogP contribution in [-0.2, 0) is 4.74 Å². The van der Waals surface area contributed by atoms with Crippen molar-refractivity contribution in [1.29, 1.82) is 0 Å². The summed E-state index contributed by atoms with van der Waals surface area (Å²) in [5.74, 6) is -1.16. The fourth-order valence-electron chi connectivity index (χ4n) is 6.70.